The van der Waals surface area contributed by atoms with E-state index < -0.39 is 6.04 Å². The molecule has 1 N–H and O–H groups in total. The Bertz CT molecular complexity index is 930. The third kappa shape index (κ3) is 7.21. The van der Waals surface area contributed by atoms with E-state index >= 15 is 0 Å². The number of hydrogen-bond donors (Lipinski definition) is 1. The predicted octanol–water partition coefficient (Wildman–Crippen LogP) is 4.33. The summed E-state index contributed by atoms with van der Waals surface area (Å²) >= 11 is 12.1. The van der Waals surface area contributed by atoms with Gasteiger partial charge in [-0.1, -0.05) is 29.3 Å². The molecule has 1 atom stereocenters. The fraction of sp³-hybridized carbons (Fsp3) is 0.391. The van der Waals surface area contributed by atoms with E-state index in [4.69, 9.17) is 37.4 Å². The van der Waals surface area contributed by atoms with Crippen molar-refractivity contribution in [3.63, 3.8) is 0 Å². The highest BCUT2D eigenvalue weighted by Gasteiger charge is 2.27. The molecule has 0 fully saturated rings. The zero-order valence-electron chi connectivity index (χ0n) is 18.8. The predicted molar refractivity (Wildman–Crippen MR) is 125 cm³/mol. The molecule has 0 bridgehead atoms. The van der Waals surface area contributed by atoms with Crippen LogP contribution in [-0.2, 0) is 16.1 Å². The lowest BCUT2D eigenvalue weighted by molar-refractivity contribution is -0.142. The second-order valence-corrected chi connectivity index (χ2v) is 8.26. The van der Waals surface area contributed by atoms with Gasteiger partial charge in [0.1, 0.15) is 23.3 Å². The van der Waals surface area contributed by atoms with Gasteiger partial charge in [0.25, 0.3) is 5.91 Å². The van der Waals surface area contributed by atoms with Crippen molar-refractivity contribution in [2.24, 2.45) is 0 Å². The van der Waals surface area contributed by atoms with E-state index in [-0.39, 0.29) is 31.0 Å². The highest BCUT2D eigenvalue weighted by molar-refractivity contribution is 6.42. The van der Waals surface area contributed by atoms with Crippen molar-refractivity contribution >= 4 is 35.0 Å². The van der Waals surface area contributed by atoms with Gasteiger partial charge in [-0.2, -0.15) is 0 Å². The van der Waals surface area contributed by atoms with Gasteiger partial charge in [0.2, 0.25) is 5.91 Å². The minimum atomic E-state index is -0.734. The van der Waals surface area contributed by atoms with Crippen LogP contribution in [0.25, 0.3) is 0 Å². The quantitative estimate of drug-likeness (QED) is 0.545. The minimum Gasteiger partial charge on any atom is -0.496 e. The van der Waals surface area contributed by atoms with E-state index in [0.717, 1.165) is 5.56 Å². The molecule has 2 aromatic carbocycles. The lowest BCUT2D eigenvalue weighted by atomic mass is 10.1. The van der Waals surface area contributed by atoms with E-state index in [1.807, 2.05) is 13.8 Å². The van der Waals surface area contributed by atoms with Crippen molar-refractivity contribution in [3.8, 4) is 17.2 Å². The van der Waals surface area contributed by atoms with Crippen molar-refractivity contribution in [1.29, 1.82) is 0 Å². The van der Waals surface area contributed by atoms with Gasteiger partial charge in [0, 0.05) is 30.8 Å². The number of hydrogen-bond acceptors (Lipinski definition) is 5. The molecule has 0 spiro atoms. The third-order valence-corrected chi connectivity index (χ3v) is 5.36. The Kier molecular flexibility index (Phi) is 9.47. The fourth-order valence-corrected chi connectivity index (χ4v) is 3.24. The largest absolute Gasteiger partial charge is 0.496 e. The van der Waals surface area contributed by atoms with Crippen LogP contribution in [0.2, 0.25) is 10.0 Å². The lowest BCUT2D eigenvalue weighted by Crippen LogP contribution is -2.50. The number of ether oxygens (including phenoxy) is 3. The summed E-state index contributed by atoms with van der Waals surface area (Å²) in [5.74, 6) is 0.831. The number of rotatable bonds is 10. The van der Waals surface area contributed by atoms with Gasteiger partial charge in [0.05, 0.1) is 24.3 Å². The normalized spacial score (nSPS) is 11.6. The third-order valence-electron chi connectivity index (χ3n) is 4.62. The summed E-state index contributed by atoms with van der Waals surface area (Å²) in [6.07, 6.45) is 0. The molecule has 0 radical (unpaired) electrons. The molecule has 0 saturated heterocycles. The molecule has 0 aliphatic rings. The standard InChI is InChI=1S/C23H28Cl2N2O5/c1-14(2)26-23(29)15(3)27(12-16-6-7-20(24)21(25)8-16)22(28)13-32-19-10-17(30-4)9-18(11-19)31-5/h6-11,14-15H,12-13H2,1-5H3,(H,26,29)/t15-/m0/s1. The molecule has 2 amide bonds. The summed E-state index contributed by atoms with van der Waals surface area (Å²) in [6, 6.07) is 9.28. The number of carbonyl (C=O) groups is 2. The maximum atomic E-state index is 13.1. The Morgan fingerprint density at radius 1 is 0.938 bits per heavy atom. The molecule has 2 aromatic rings. The zero-order valence-corrected chi connectivity index (χ0v) is 20.3. The molecule has 7 nitrogen and oxygen atoms in total. The number of carbonyl (C=O) groups excluding carboxylic acids is 2. The molecule has 0 saturated carbocycles. The zero-order chi connectivity index (χ0) is 23.8. The van der Waals surface area contributed by atoms with E-state index in [1.165, 1.54) is 19.1 Å². The van der Waals surface area contributed by atoms with Crippen LogP contribution in [0, 0.1) is 0 Å². The van der Waals surface area contributed by atoms with Crippen LogP contribution in [0.1, 0.15) is 26.3 Å². The Labute approximate surface area is 198 Å². The van der Waals surface area contributed by atoms with E-state index in [9.17, 15) is 9.59 Å². The van der Waals surface area contributed by atoms with Crippen LogP contribution in [0.5, 0.6) is 17.2 Å². The highest BCUT2D eigenvalue weighted by atomic mass is 35.5. The molecule has 0 heterocycles. The summed E-state index contributed by atoms with van der Waals surface area (Å²) < 4.78 is 16.1. The van der Waals surface area contributed by atoms with Gasteiger partial charge in [-0.25, -0.2) is 0 Å². The van der Waals surface area contributed by atoms with Crippen molar-refractivity contribution in [3.05, 3.63) is 52.0 Å². The Morgan fingerprint density at radius 2 is 1.53 bits per heavy atom. The summed E-state index contributed by atoms with van der Waals surface area (Å²) in [7, 11) is 3.05. The average Bonchev–Trinajstić information content (AvgIpc) is 2.76. The second kappa shape index (κ2) is 11.8. The minimum absolute atomic E-state index is 0.0626. The smallest absolute Gasteiger partial charge is 0.261 e. The number of halogens is 2. The number of amides is 2. The summed E-state index contributed by atoms with van der Waals surface area (Å²) in [4.78, 5) is 27.2. The first-order valence-electron chi connectivity index (χ1n) is 10.0. The molecular formula is C23H28Cl2N2O5. The first kappa shape index (κ1) is 25.6. The van der Waals surface area contributed by atoms with Crippen LogP contribution in [0.15, 0.2) is 36.4 Å². The Balaban J connectivity index is 2.22. The first-order chi connectivity index (χ1) is 15.1. The maximum Gasteiger partial charge on any atom is 0.261 e. The van der Waals surface area contributed by atoms with Crippen molar-refractivity contribution in [1.82, 2.24) is 10.2 Å². The topological polar surface area (TPSA) is 77.1 Å². The molecular weight excluding hydrogens is 455 g/mol. The monoisotopic (exact) mass is 482 g/mol. The maximum absolute atomic E-state index is 13.1. The Hall–Kier alpha value is -2.64. The first-order valence-corrected chi connectivity index (χ1v) is 10.8. The number of nitrogens with zero attached hydrogens (tertiary/aromatic N) is 1. The highest BCUT2D eigenvalue weighted by Crippen LogP contribution is 2.28. The molecule has 32 heavy (non-hydrogen) atoms. The van der Waals surface area contributed by atoms with E-state index in [2.05, 4.69) is 5.32 Å². The molecule has 0 unspecified atom stereocenters. The summed E-state index contributed by atoms with van der Waals surface area (Å²) in [5, 5.41) is 3.62. The molecule has 2 rings (SSSR count). The lowest BCUT2D eigenvalue weighted by Gasteiger charge is -2.29. The van der Waals surface area contributed by atoms with Crippen molar-refractivity contribution < 1.29 is 23.8 Å². The van der Waals surface area contributed by atoms with Gasteiger partial charge in [-0.3, -0.25) is 9.59 Å². The Morgan fingerprint density at radius 3 is 2.06 bits per heavy atom. The molecule has 9 heteroatoms. The van der Waals surface area contributed by atoms with Crippen LogP contribution >= 0.6 is 23.2 Å². The summed E-state index contributed by atoms with van der Waals surface area (Å²) in [6.45, 7) is 5.26. The second-order valence-electron chi connectivity index (χ2n) is 7.45. The van der Waals surface area contributed by atoms with Gasteiger partial charge >= 0.3 is 0 Å². The van der Waals surface area contributed by atoms with Gasteiger partial charge in [0.15, 0.2) is 6.61 Å². The number of methoxy groups -OCH3 is 2. The average molecular weight is 483 g/mol. The van der Waals surface area contributed by atoms with Crippen LogP contribution in [-0.4, -0.2) is 49.6 Å². The van der Waals surface area contributed by atoms with Gasteiger partial charge in [-0.05, 0) is 38.5 Å². The SMILES string of the molecule is COc1cc(OC)cc(OCC(=O)N(Cc2ccc(Cl)c(Cl)c2)[C@@H](C)C(=O)NC(C)C)c1. The van der Waals surface area contributed by atoms with Gasteiger partial charge < -0.3 is 24.4 Å². The number of benzene rings is 2. The summed E-state index contributed by atoms with van der Waals surface area (Å²) in [5.41, 5.74) is 0.736. The molecule has 0 aromatic heterocycles. The molecule has 0 aliphatic carbocycles. The van der Waals surface area contributed by atoms with Crippen LogP contribution < -0.4 is 19.5 Å². The van der Waals surface area contributed by atoms with Crippen LogP contribution in [0.4, 0.5) is 0 Å². The van der Waals surface area contributed by atoms with E-state index in [0.29, 0.717) is 27.3 Å². The molecule has 174 valence electrons. The molecule has 0 aliphatic heterocycles. The fourth-order valence-electron chi connectivity index (χ4n) is 2.92. The van der Waals surface area contributed by atoms with Crippen molar-refractivity contribution in [2.75, 3.05) is 20.8 Å². The number of nitrogens with one attached hydrogen (secondary N) is 1. The van der Waals surface area contributed by atoms with E-state index in [1.54, 1.807) is 43.3 Å². The van der Waals surface area contributed by atoms with Crippen molar-refractivity contribution in [2.45, 2.75) is 39.4 Å². The van der Waals surface area contributed by atoms with Gasteiger partial charge in [-0.15, -0.1) is 0 Å². The van der Waals surface area contributed by atoms with Crippen LogP contribution in [0.3, 0.4) is 0 Å².